The molecule has 0 spiro atoms. The number of hydrogen-bond acceptors (Lipinski definition) is 5. The first-order valence-corrected chi connectivity index (χ1v) is 14.0. The number of carbonyl (C=O) groups excluding carboxylic acids is 1. The van der Waals surface area contributed by atoms with Crippen molar-refractivity contribution in [2.45, 2.75) is 69.6 Å². The molecule has 2 N–H and O–H groups in total. The molecule has 8 nitrogen and oxygen atoms in total. The molecule has 3 fully saturated rings. The Morgan fingerprint density at radius 3 is 2.37 bits per heavy atom. The van der Waals surface area contributed by atoms with Crippen LogP contribution in [0.5, 0.6) is 5.75 Å². The van der Waals surface area contributed by atoms with Gasteiger partial charge in [0.2, 0.25) is 0 Å². The van der Waals surface area contributed by atoms with Gasteiger partial charge in [0.1, 0.15) is 11.9 Å². The Hall–Kier alpha value is -3.23. The van der Waals surface area contributed by atoms with Crippen LogP contribution < -0.4 is 20.4 Å². The highest BCUT2D eigenvalue weighted by Crippen LogP contribution is 2.47. The summed E-state index contributed by atoms with van der Waals surface area (Å²) in [5.74, 6) is 0.901. The van der Waals surface area contributed by atoms with E-state index in [0.717, 1.165) is 91.0 Å². The number of rotatable bonds is 8. The molecule has 6 rings (SSSR count). The Balaban J connectivity index is 1.36. The molecule has 2 amide bonds. The smallest absolute Gasteiger partial charge is 0.319 e. The predicted molar refractivity (Wildman–Crippen MR) is 150 cm³/mol. The van der Waals surface area contributed by atoms with Crippen molar-refractivity contribution in [3.8, 4) is 17.0 Å². The van der Waals surface area contributed by atoms with Crippen LogP contribution in [0.4, 0.5) is 16.2 Å². The Bertz CT molecular complexity index is 1270. The van der Waals surface area contributed by atoms with Crippen molar-refractivity contribution in [2.75, 3.05) is 37.8 Å². The minimum absolute atomic E-state index is 0.136. The zero-order valence-electron chi connectivity index (χ0n) is 22.4. The molecule has 0 unspecified atom stereocenters. The van der Waals surface area contributed by atoms with Gasteiger partial charge < -0.3 is 24.7 Å². The van der Waals surface area contributed by atoms with Crippen LogP contribution in [0.1, 0.15) is 57.4 Å². The Morgan fingerprint density at radius 2 is 1.74 bits per heavy atom. The van der Waals surface area contributed by atoms with Gasteiger partial charge in [0.05, 0.1) is 37.2 Å². The Morgan fingerprint density at radius 1 is 1.00 bits per heavy atom. The van der Waals surface area contributed by atoms with Gasteiger partial charge in [0.25, 0.3) is 0 Å². The number of carbonyl (C=O) groups is 1. The highest BCUT2D eigenvalue weighted by Gasteiger charge is 2.30. The largest absolute Gasteiger partial charge is 0.490 e. The molecule has 1 saturated heterocycles. The van der Waals surface area contributed by atoms with E-state index in [1.807, 2.05) is 24.2 Å². The van der Waals surface area contributed by atoms with Gasteiger partial charge >= 0.3 is 6.03 Å². The number of fused-ring (bicyclic) bond motifs is 1. The van der Waals surface area contributed by atoms with Crippen molar-refractivity contribution in [3.05, 3.63) is 42.5 Å². The van der Waals surface area contributed by atoms with Crippen molar-refractivity contribution in [3.63, 3.8) is 0 Å². The number of nitrogens with zero attached hydrogens (tertiary/aromatic N) is 2. The number of amides is 2. The fourth-order valence-electron chi connectivity index (χ4n) is 5.66. The van der Waals surface area contributed by atoms with Crippen LogP contribution >= 0.6 is 0 Å². The first kappa shape index (κ1) is 25.1. The summed E-state index contributed by atoms with van der Waals surface area (Å²) in [5.41, 5.74) is 5.20. The van der Waals surface area contributed by atoms with E-state index in [0.29, 0.717) is 12.1 Å². The van der Waals surface area contributed by atoms with E-state index in [2.05, 4.69) is 45.5 Å². The first-order valence-electron chi connectivity index (χ1n) is 14.0. The molecule has 202 valence electrons. The lowest BCUT2D eigenvalue weighted by Crippen LogP contribution is -2.41. The molecule has 2 heterocycles. The third-order valence-electron chi connectivity index (χ3n) is 8.31. The molecule has 2 aliphatic carbocycles. The van der Waals surface area contributed by atoms with E-state index >= 15 is 0 Å². The molecule has 8 heteroatoms. The van der Waals surface area contributed by atoms with Crippen LogP contribution in [-0.2, 0) is 9.57 Å². The van der Waals surface area contributed by atoms with Gasteiger partial charge in [0, 0.05) is 54.7 Å². The van der Waals surface area contributed by atoms with Crippen molar-refractivity contribution in [2.24, 2.45) is 0 Å². The van der Waals surface area contributed by atoms with Gasteiger partial charge in [-0.3, -0.25) is 9.90 Å². The van der Waals surface area contributed by atoms with Crippen molar-refractivity contribution < 1.29 is 19.1 Å². The number of urea groups is 1. The number of hydroxylamine groups is 1. The van der Waals surface area contributed by atoms with E-state index in [4.69, 9.17) is 14.3 Å². The lowest BCUT2D eigenvalue weighted by molar-refractivity contribution is 0.0256. The third-order valence-corrected chi connectivity index (χ3v) is 8.31. The maximum absolute atomic E-state index is 12.4. The number of hydrogen-bond donors (Lipinski definition) is 2. The number of nitrogens with one attached hydrogen (secondary N) is 2. The predicted octanol–water partition coefficient (Wildman–Crippen LogP) is 6.26. The summed E-state index contributed by atoms with van der Waals surface area (Å²) < 4.78 is 14.4. The molecule has 2 saturated carbocycles. The van der Waals surface area contributed by atoms with Gasteiger partial charge in [-0.05, 0) is 62.8 Å². The molecule has 2 aromatic carbocycles. The fourth-order valence-corrected chi connectivity index (χ4v) is 5.66. The molecule has 0 bridgehead atoms. The van der Waals surface area contributed by atoms with Crippen LogP contribution in [0.2, 0.25) is 0 Å². The highest BCUT2D eigenvalue weighted by atomic mass is 16.7. The van der Waals surface area contributed by atoms with Crippen LogP contribution in [-0.4, -0.2) is 50.1 Å². The summed E-state index contributed by atoms with van der Waals surface area (Å²) >= 11 is 0. The standard InChI is InChI=1S/C30H38N4O4/c1-33(36-2)29-26-14-13-25(38-24-15-17-37-18-16-24)19-27(26)34(23-7-4-8-23)28(29)20-9-11-22(12-10-20)32-30(35)31-21-5-3-6-21/h9-14,19,21,23-24H,3-8,15-18H2,1-2H3,(H2,31,32,35). The topological polar surface area (TPSA) is 77.0 Å². The fraction of sp³-hybridized carbons (Fsp3) is 0.500. The van der Waals surface area contributed by atoms with E-state index < -0.39 is 0 Å². The molecule has 38 heavy (non-hydrogen) atoms. The first-order chi connectivity index (χ1) is 18.6. The maximum Gasteiger partial charge on any atom is 0.319 e. The molecule has 1 aromatic heterocycles. The normalized spacial score (nSPS) is 18.6. The summed E-state index contributed by atoms with van der Waals surface area (Å²) in [7, 11) is 3.66. The summed E-state index contributed by atoms with van der Waals surface area (Å²) in [5, 5.41) is 9.01. The minimum atomic E-state index is -0.136. The number of anilines is 2. The summed E-state index contributed by atoms with van der Waals surface area (Å²) in [4.78, 5) is 18.1. The lowest BCUT2D eigenvalue weighted by Gasteiger charge is -2.31. The summed E-state index contributed by atoms with van der Waals surface area (Å²) in [6.45, 7) is 1.51. The molecular weight excluding hydrogens is 480 g/mol. The van der Waals surface area contributed by atoms with Gasteiger partial charge in [0.15, 0.2) is 0 Å². The molecule has 3 aliphatic rings. The SMILES string of the molecule is CON(C)c1c(-c2ccc(NC(=O)NC3CCC3)cc2)n(C2CCC2)c2cc(OC3CCOCC3)ccc12. The van der Waals surface area contributed by atoms with Gasteiger partial charge in [-0.15, -0.1) is 0 Å². The summed E-state index contributed by atoms with van der Waals surface area (Å²) in [6.07, 6.45) is 8.89. The van der Waals surface area contributed by atoms with Crippen LogP contribution in [0.3, 0.4) is 0 Å². The van der Waals surface area contributed by atoms with Gasteiger partial charge in [-0.2, -0.15) is 0 Å². The van der Waals surface area contributed by atoms with E-state index in [1.165, 1.54) is 12.8 Å². The van der Waals surface area contributed by atoms with E-state index in [1.54, 1.807) is 7.11 Å². The number of benzene rings is 2. The summed E-state index contributed by atoms with van der Waals surface area (Å²) in [6, 6.07) is 15.2. The van der Waals surface area contributed by atoms with Crippen molar-refractivity contribution in [1.29, 1.82) is 0 Å². The van der Waals surface area contributed by atoms with Crippen LogP contribution in [0.15, 0.2) is 42.5 Å². The van der Waals surface area contributed by atoms with Crippen LogP contribution in [0, 0.1) is 0 Å². The monoisotopic (exact) mass is 518 g/mol. The van der Waals surface area contributed by atoms with E-state index in [-0.39, 0.29) is 12.1 Å². The molecular formula is C30H38N4O4. The highest BCUT2D eigenvalue weighted by molar-refractivity contribution is 6.03. The van der Waals surface area contributed by atoms with Crippen LogP contribution in [0.25, 0.3) is 22.2 Å². The number of ether oxygens (including phenoxy) is 2. The zero-order chi connectivity index (χ0) is 26.1. The molecule has 1 aliphatic heterocycles. The van der Waals surface area contributed by atoms with Gasteiger partial charge in [-0.25, -0.2) is 4.79 Å². The molecule has 0 atom stereocenters. The quantitative estimate of drug-likeness (QED) is 0.344. The molecule has 0 radical (unpaired) electrons. The van der Waals surface area contributed by atoms with Crippen molar-refractivity contribution in [1.82, 2.24) is 9.88 Å². The third kappa shape index (κ3) is 4.95. The Labute approximate surface area is 224 Å². The second-order valence-corrected chi connectivity index (χ2v) is 10.7. The number of aromatic nitrogens is 1. The Kier molecular flexibility index (Phi) is 7.17. The second kappa shape index (κ2) is 10.9. The molecule has 3 aromatic rings. The van der Waals surface area contributed by atoms with Crippen molar-refractivity contribution >= 4 is 28.3 Å². The average Bonchev–Trinajstić information content (AvgIpc) is 3.20. The minimum Gasteiger partial charge on any atom is -0.490 e. The zero-order valence-corrected chi connectivity index (χ0v) is 22.4. The lowest BCUT2D eigenvalue weighted by atomic mass is 9.92. The average molecular weight is 519 g/mol. The second-order valence-electron chi connectivity index (χ2n) is 10.7. The van der Waals surface area contributed by atoms with Gasteiger partial charge in [-0.1, -0.05) is 12.1 Å². The maximum atomic E-state index is 12.4. The van der Waals surface area contributed by atoms with E-state index in [9.17, 15) is 4.79 Å².